The molecule has 1 fully saturated rings. The lowest BCUT2D eigenvalue weighted by molar-refractivity contribution is -0.249. The Balaban J connectivity index is 1.14. The molecule has 0 aromatic heterocycles. The highest BCUT2D eigenvalue weighted by Crippen LogP contribution is 2.53. The molecule has 87 heavy (non-hydrogen) atoms. The van der Waals surface area contributed by atoms with Crippen molar-refractivity contribution in [3.63, 3.8) is 0 Å². The molecular formula is C63H86N6O18. The number of phenolic OH excluding ortho intramolecular Hbond substituents is 2. The van der Waals surface area contributed by atoms with Crippen LogP contribution in [0.3, 0.4) is 0 Å². The van der Waals surface area contributed by atoms with Crippen molar-refractivity contribution in [3.05, 3.63) is 87.5 Å². The first-order valence-corrected chi connectivity index (χ1v) is 29.5. The number of methoxy groups -OCH3 is 1. The quantitative estimate of drug-likeness (QED) is 0.0381. The molecule has 0 spiro atoms. The molecule has 1 heterocycles. The van der Waals surface area contributed by atoms with Crippen LogP contribution in [0.2, 0.25) is 0 Å². The average Bonchev–Trinajstić information content (AvgIpc) is 0.848. The zero-order valence-corrected chi connectivity index (χ0v) is 51.3. The van der Waals surface area contributed by atoms with Crippen LogP contribution in [0.1, 0.15) is 156 Å². The predicted octanol–water partition coefficient (Wildman–Crippen LogP) is 2.25. The van der Waals surface area contributed by atoms with E-state index in [0.717, 1.165) is 0 Å². The second kappa shape index (κ2) is 28.7. The fourth-order valence-electron chi connectivity index (χ4n) is 12.0. The first-order valence-electron chi connectivity index (χ1n) is 29.5. The standard InChI is InChI=1S/C63H86N6O18/c1-31(2)20-40(69-58(81)41(21-36-16-13-12-14-17-36)68-46(74)28-66-60(83)62(10,33(5)6)30-61(9,23-32(3)4)59(82)65-26-34(7)71)57(80)64-27-45(73)67-39-22-47(86-35(8)52(39)75)87-43-25-63(84,44(72)29-70)24-38-49(43)56(79)51-50(54(38)77)53(76)37-18-15-19-42(85-11)48(37)55(51)78/h12-19,31-35,39-41,43,47,52,70-71,75,77,79,84H,20-30H2,1-11H3,(H,64,80)(H,65,82)(H,66,83)(H,67,73)(H,68,74)(H,69,81)/t34?,35?,39?,40?,41?,43-,47?,52?,61?,62?,63-/m1/s1. The van der Waals surface area contributed by atoms with Crippen molar-refractivity contribution >= 4 is 52.8 Å². The van der Waals surface area contributed by atoms with E-state index >= 15 is 0 Å². The van der Waals surface area contributed by atoms with Gasteiger partial charge in [0.05, 0.1) is 61.2 Å². The van der Waals surface area contributed by atoms with Gasteiger partial charge in [-0.05, 0) is 62.5 Å². The van der Waals surface area contributed by atoms with Gasteiger partial charge >= 0.3 is 0 Å². The van der Waals surface area contributed by atoms with E-state index in [1.165, 1.54) is 32.2 Å². The Morgan fingerprint density at radius 3 is 2.05 bits per heavy atom. The van der Waals surface area contributed by atoms with Gasteiger partial charge in [-0.2, -0.15) is 0 Å². The van der Waals surface area contributed by atoms with Crippen molar-refractivity contribution in [1.82, 2.24) is 31.9 Å². The van der Waals surface area contributed by atoms with Gasteiger partial charge in [0.1, 0.15) is 47.6 Å². The second-order valence-electron chi connectivity index (χ2n) is 25.0. The smallest absolute Gasteiger partial charge is 0.243 e. The molecule has 11 atom stereocenters. The number of amides is 6. The number of aliphatic hydroxyl groups excluding tert-OH is 3. The number of nitrogens with one attached hydrogen (secondary N) is 6. The zero-order valence-electron chi connectivity index (χ0n) is 51.3. The number of aliphatic hydroxyl groups is 4. The number of hydrogen-bond donors (Lipinski definition) is 12. The number of ketones is 3. The lowest BCUT2D eigenvalue weighted by Gasteiger charge is -2.43. The van der Waals surface area contributed by atoms with E-state index in [2.05, 4.69) is 31.9 Å². The molecular weight excluding hydrogens is 1130 g/mol. The molecule has 3 aromatic carbocycles. The van der Waals surface area contributed by atoms with Crippen LogP contribution in [0.5, 0.6) is 17.2 Å². The summed E-state index contributed by atoms with van der Waals surface area (Å²) in [7, 11) is 1.28. The minimum Gasteiger partial charge on any atom is -0.507 e. The third kappa shape index (κ3) is 15.9. The summed E-state index contributed by atoms with van der Waals surface area (Å²) in [6.07, 6.45) is -7.34. The molecule has 6 rings (SSSR count). The fourth-order valence-corrected chi connectivity index (χ4v) is 12.0. The molecule has 3 aliphatic rings. The van der Waals surface area contributed by atoms with Gasteiger partial charge in [-0.3, -0.25) is 43.2 Å². The Bertz CT molecular complexity index is 3080. The van der Waals surface area contributed by atoms with Crippen LogP contribution in [0, 0.1) is 28.6 Å². The largest absolute Gasteiger partial charge is 0.507 e. The number of aromatic hydroxyl groups is 2. The van der Waals surface area contributed by atoms with Crippen molar-refractivity contribution in [1.29, 1.82) is 0 Å². The highest BCUT2D eigenvalue weighted by Gasteiger charge is 2.51. The van der Waals surface area contributed by atoms with Crippen LogP contribution >= 0.6 is 0 Å². The Kier molecular flexibility index (Phi) is 22.6. The number of fused-ring (bicyclic) bond motifs is 3. The first kappa shape index (κ1) is 68.8. The van der Waals surface area contributed by atoms with E-state index in [1.807, 2.05) is 27.7 Å². The van der Waals surface area contributed by atoms with E-state index in [0.29, 0.717) is 12.0 Å². The van der Waals surface area contributed by atoms with Crippen molar-refractivity contribution in [2.45, 2.75) is 169 Å². The summed E-state index contributed by atoms with van der Waals surface area (Å²) in [6, 6.07) is 9.33. The van der Waals surface area contributed by atoms with Crippen molar-refractivity contribution < 1.29 is 88.0 Å². The molecule has 6 amide bonds. The summed E-state index contributed by atoms with van der Waals surface area (Å²) < 4.78 is 17.6. The lowest BCUT2D eigenvalue weighted by Crippen LogP contribution is -2.58. The van der Waals surface area contributed by atoms with Gasteiger partial charge < -0.3 is 76.8 Å². The number of carbonyl (C=O) groups excluding carboxylic acids is 9. The summed E-state index contributed by atoms with van der Waals surface area (Å²) in [5.74, 6) is -8.68. The number of rotatable bonds is 27. The normalized spacial score (nSPS) is 22.3. The summed E-state index contributed by atoms with van der Waals surface area (Å²) in [4.78, 5) is 125. The van der Waals surface area contributed by atoms with E-state index < -0.39 is 167 Å². The van der Waals surface area contributed by atoms with Crippen LogP contribution in [-0.4, -0.2) is 165 Å². The Morgan fingerprint density at radius 1 is 0.782 bits per heavy atom. The highest BCUT2D eigenvalue weighted by atomic mass is 16.7. The van der Waals surface area contributed by atoms with Crippen LogP contribution in [0.15, 0.2) is 48.5 Å². The van der Waals surface area contributed by atoms with E-state index in [1.54, 1.807) is 65.0 Å². The third-order valence-corrected chi connectivity index (χ3v) is 16.7. The molecule has 0 saturated carbocycles. The second-order valence-corrected chi connectivity index (χ2v) is 25.0. The molecule has 2 aliphatic carbocycles. The molecule has 24 heteroatoms. The molecule has 3 aromatic rings. The predicted molar refractivity (Wildman–Crippen MR) is 315 cm³/mol. The molecule has 476 valence electrons. The summed E-state index contributed by atoms with van der Waals surface area (Å²) in [5, 5.41) is 82.7. The van der Waals surface area contributed by atoms with Gasteiger partial charge in [-0.15, -0.1) is 0 Å². The van der Waals surface area contributed by atoms with Crippen LogP contribution in [0.4, 0.5) is 0 Å². The first-order chi connectivity index (χ1) is 40.8. The molecule has 1 aliphatic heterocycles. The fraction of sp³-hybridized carbons (Fsp3) is 0.571. The number of hydrogen-bond acceptors (Lipinski definition) is 18. The van der Waals surface area contributed by atoms with Gasteiger partial charge in [-0.1, -0.05) is 97.9 Å². The van der Waals surface area contributed by atoms with Crippen LogP contribution in [0.25, 0.3) is 0 Å². The maximum Gasteiger partial charge on any atom is 0.243 e. The van der Waals surface area contributed by atoms with E-state index in [4.69, 9.17) is 14.2 Å². The summed E-state index contributed by atoms with van der Waals surface area (Å²) >= 11 is 0. The average molecular weight is 1220 g/mol. The molecule has 12 N–H and O–H groups in total. The highest BCUT2D eigenvalue weighted by molar-refractivity contribution is 6.31. The zero-order chi connectivity index (χ0) is 64.6. The Labute approximate surface area is 506 Å². The number of ether oxygens (including phenoxy) is 3. The maximum atomic E-state index is 14.3. The van der Waals surface area contributed by atoms with Gasteiger partial charge in [0, 0.05) is 59.7 Å². The maximum absolute atomic E-state index is 14.3. The number of Topliss-reactive ketones (excluding diaryl/α,β-unsaturated/α-hetero) is 1. The lowest BCUT2D eigenvalue weighted by atomic mass is 9.64. The van der Waals surface area contributed by atoms with E-state index in [9.17, 15) is 73.8 Å². The molecule has 1 saturated heterocycles. The molecule has 0 bridgehead atoms. The minimum absolute atomic E-state index is 0.0117. The monoisotopic (exact) mass is 1210 g/mol. The topological polar surface area (TPSA) is 375 Å². The minimum atomic E-state index is -2.45. The molecule has 9 unspecified atom stereocenters. The number of phenols is 2. The van der Waals surface area contributed by atoms with Gasteiger partial charge in [0.25, 0.3) is 0 Å². The number of carbonyl (C=O) groups is 9. The SMILES string of the molecule is COc1cccc2c1C(=O)c1c(O)c3c(c(O)c1C2=O)C[C@](O)(C(=O)CO)C[C@H]3OC1CC(NC(=O)CNC(=O)C(CC(C)C)NC(=O)C(Cc2ccccc2)NC(=O)CNC(=O)C(C)(CC(C)(CC(C)C)C(=O)NCC(C)O)C(C)C)C(O)C(C)O1. The van der Waals surface area contributed by atoms with Crippen molar-refractivity contribution in [2.24, 2.45) is 28.6 Å². The molecule has 0 radical (unpaired) electrons. The third-order valence-electron chi connectivity index (χ3n) is 16.7. The van der Waals surface area contributed by atoms with Crippen LogP contribution < -0.4 is 36.6 Å². The van der Waals surface area contributed by atoms with Crippen molar-refractivity contribution in [2.75, 3.05) is 33.4 Å². The summed E-state index contributed by atoms with van der Waals surface area (Å²) in [5.41, 5.74) is -6.05. The van der Waals surface area contributed by atoms with Gasteiger partial charge in [0.2, 0.25) is 41.2 Å². The summed E-state index contributed by atoms with van der Waals surface area (Å²) in [6.45, 7) is 15.4. The number of benzene rings is 3. The van der Waals surface area contributed by atoms with Gasteiger partial charge in [-0.25, -0.2) is 0 Å². The van der Waals surface area contributed by atoms with E-state index in [-0.39, 0.29) is 83.9 Å². The van der Waals surface area contributed by atoms with Crippen LogP contribution in [-0.2, 0) is 55.9 Å². The Morgan fingerprint density at radius 2 is 1.44 bits per heavy atom. The Hall–Kier alpha value is -7.35. The van der Waals surface area contributed by atoms with Crippen molar-refractivity contribution in [3.8, 4) is 17.2 Å². The molecule has 24 nitrogen and oxygen atoms in total. The van der Waals surface area contributed by atoms with Gasteiger partial charge in [0.15, 0.2) is 17.9 Å².